The van der Waals surface area contributed by atoms with Gasteiger partial charge in [0.15, 0.2) is 17.5 Å². The van der Waals surface area contributed by atoms with Gasteiger partial charge in [-0.15, -0.1) is 0 Å². The zero-order valence-electron chi connectivity index (χ0n) is 56.2. The second-order valence-corrected chi connectivity index (χ2v) is 29.5. The molecule has 5 aromatic carbocycles. The van der Waals surface area contributed by atoms with Crippen LogP contribution in [0.2, 0.25) is 0 Å². The minimum atomic E-state index is -3.53. The van der Waals surface area contributed by atoms with E-state index >= 15 is 4.39 Å². The number of hydrogen-bond donors (Lipinski definition) is 0. The fourth-order valence-corrected chi connectivity index (χ4v) is 17.7. The fourth-order valence-electron chi connectivity index (χ4n) is 17.7. The van der Waals surface area contributed by atoms with Gasteiger partial charge in [-0.2, -0.15) is 8.78 Å². The maximum absolute atomic E-state index is 15.0. The smallest absolute Gasteiger partial charge is 0.400 e. The number of ether oxygens (including phenoxy) is 1. The summed E-state index contributed by atoms with van der Waals surface area (Å²) in [5.41, 5.74) is 10.4. The molecule has 494 valence electrons. The number of rotatable bonds is 21. The van der Waals surface area contributed by atoms with Crippen LogP contribution in [0.3, 0.4) is 0 Å². The molecule has 6 aliphatic rings. The van der Waals surface area contributed by atoms with Crippen LogP contribution in [0.5, 0.6) is 5.75 Å². The molecule has 1 nitrogen and oxygen atoms in total. The van der Waals surface area contributed by atoms with Gasteiger partial charge in [0.05, 0.1) is 5.92 Å². The average molecular weight is 1240 g/mol. The van der Waals surface area contributed by atoms with Crippen molar-refractivity contribution in [3.05, 3.63) is 149 Å². The summed E-state index contributed by atoms with van der Waals surface area (Å²) >= 11 is 0. The lowest BCUT2D eigenvalue weighted by molar-refractivity contribution is -0.224. The number of unbranched alkanes of at least 4 members (excludes halogenated alkanes) is 2. The fraction of sp³-hybridized carbons (Fsp3) is 0.639. The number of benzene rings is 5. The van der Waals surface area contributed by atoms with Gasteiger partial charge in [-0.3, -0.25) is 0 Å². The predicted molar refractivity (Wildman–Crippen MR) is 364 cm³/mol. The average Bonchev–Trinajstić information content (AvgIpc) is 1.36. The van der Waals surface area contributed by atoms with E-state index in [2.05, 4.69) is 124 Å². The van der Waals surface area contributed by atoms with Crippen molar-refractivity contribution in [2.75, 3.05) is 0 Å². The van der Waals surface area contributed by atoms with Crippen LogP contribution in [0.4, 0.5) is 26.3 Å². The van der Waals surface area contributed by atoms with E-state index in [-0.39, 0.29) is 5.82 Å². The highest BCUT2D eigenvalue weighted by Gasteiger charge is 2.45. The van der Waals surface area contributed by atoms with Crippen molar-refractivity contribution in [1.29, 1.82) is 0 Å². The largest absolute Gasteiger partial charge is 0.432 e. The molecule has 0 bridgehead atoms. The van der Waals surface area contributed by atoms with Gasteiger partial charge in [0.1, 0.15) is 11.6 Å². The van der Waals surface area contributed by atoms with Crippen LogP contribution in [-0.2, 0) is 0 Å². The first kappa shape index (κ1) is 69.8. The van der Waals surface area contributed by atoms with Gasteiger partial charge in [0, 0.05) is 12.1 Å². The Labute approximate surface area is 541 Å². The molecule has 0 amide bonds. The summed E-state index contributed by atoms with van der Waals surface area (Å²) in [4.78, 5) is 0. The molecule has 0 saturated heterocycles. The quantitative estimate of drug-likeness (QED) is 0.0404. The van der Waals surface area contributed by atoms with Crippen LogP contribution in [0.25, 0.3) is 22.3 Å². The number of halogens is 6. The van der Waals surface area contributed by atoms with E-state index in [1.807, 2.05) is 0 Å². The molecule has 11 rings (SSSR count). The van der Waals surface area contributed by atoms with Gasteiger partial charge in [-0.1, -0.05) is 203 Å². The van der Waals surface area contributed by atoms with Crippen molar-refractivity contribution in [2.45, 2.75) is 289 Å². The molecule has 0 atom stereocenters. The minimum Gasteiger partial charge on any atom is -0.432 e. The highest BCUT2D eigenvalue weighted by Crippen LogP contribution is 2.48. The molecule has 7 heteroatoms. The molecule has 5 aromatic rings. The third-order valence-corrected chi connectivity index (χ3v) is 23.5. The van der Waals surface area contributed by atoms with Gasteiger partial charge in [0.25, 0.3) is 0 Å². The molecule has 0 radical (unpaired) electrons. The first-order valence-corrected chi connectivity index (χ1v) is 37.1. The molecule has 6 aliphatic carbocycles. The summed E-state index contributed by atoms with van der Waals surface area (Å²) in [6.45, 7) is 11.4. The van der Waals surface area contributed by atoms with Gasteiger partial charge in [-0.05, 0) is 257 Å². The summed E-state index contributed by atoms with van der Waals surface area (Å²) in [6.07, 6.45) is 39.9. The van der Waals surface area contributed by atoms with E-state index in [9.17, 15) is 22.0 Å². The first-order valence-electron chi connectivity index (χ1n) is 37.1. The molecule has 0 heterocycles. The van der Waals surface area contributed by atoms with Crippen LogP contribution in [0.1, 0.15) is 305 Å². The SMILES string of the molecule is CCCC1CCC(C2CCC(C(F)(F)Oc3cc(F)c(F)c(F)c3)CC2)CC1.CCCC1CCC(c2ccc(-c3ccc(C4CCC(CCC)CC4)cc3)cc2)CC1.CCCCCC1CCC(c2ccc(-c3ccc(C4CCC(CC)CC4)c(F)c3)cc2)CC1. The van der Waals surface area contributed by atoms with Crippen LogP contribution >= 0.6 is 0 Å². The van der Waals surface area contributed by atoms with Crippen molar-refractivity contribution < 1.29 is 31.1 Å². The van der Waals surface area contributed by atoms with Gasteiger partial charge < -0.3 is 4.74 Å². The summed E-state index contributed by atoms with van der Waals surface area (Å²) in [5, 5.41) is 0. The third kappa shape index (κ3) is 19.8. The van der Waals surface area contributed by atoms with E-state index in [0.717, 1.165) is 83.8 Å². The highest BCUT2D eigenvalue weighted by atomic mass is 19.3. The van der Waals surface area contributed by atoms with E-state index in [4.69, 9.17) is 0 Å². The Morgan fingerprint density at radius 2 is 0.700 bits per heavy atom. The third-order valence-electron chi connectivity index (χ3n) is 23.5. The highest BCUT2D eigenvalue weighted by molar-refractivity contribution is 5.65. The van der Waals surface area contributed by atoms with E-state index < -0.39 is 35.2 Å². The molecule has 90 heavy (non-hydrogen) atoms. The second-order valence-electron chi connectivity index (χ2n) is 29.5. The first-order chi connectivity index (χ1) is 43.7. The molecule has 6 fully saturated rings. The molecule has 0 aliphatic heterocycles. The molecule has 0 aromatic heterocycles. The lowest BCUT2D eigenvalue weighted by Crippen LogP contribution is -2.38. The molecular formula is C83H114F6O. The molecular weight excluding hydrogens is 1130 g/mol. The van der Waals surface area contributed by atoms with Crippen LogP contribution < -0.4 is 4.74 Å². The second kappa shape index (κ2) is 35.1. The molecule has 0 N–H and O–H groups in total. The zero-order valence-corrected chi connectivity index (χ0v) is 56.2. The summed E-state index contributed by atoms with van der Waals surface area (Å²) in [5.74, 6) is 1.99. The number of hydrogen-bond acceptors (Lipinski definition) is 1. The summed E-state index contributed by atoms with van der Waals surface area (Å²) in [6, 6.07) is 35.0. The van der Waals surface area contributed by atoms with Gasteiger partial charge in [0.2, 0.25) is 0 Å². The van der Waals surface area contributed by atoms with Crippen molar-refractivity contribution in [2.24, 2.45) is 47.3 Å². The Kier molecular flexibility index (Phi) is 27.2. The Balaban J connectivity index is 0.000000160. The Morgan fingerprint density at radius 3 is 1.09 bits per heavy atom. The lowest BCUT2D eigenvalue weighted by atomic mass is 9.68. The molecule has 0 spiro atoms. The van der Waals surface area contributed by atoms with Crippen molar-refractivity contribution in [3.8, 4) is 28.0 Å². The standard InChI is InChI=1S/C31H43F.C30H42.C22H29F5O/c1-3-5-6-7-24-10-12-25(13-11-24)26-16-18-27(19-17-26)29-20-21-30(31(32)22-29)28-14-8-23(4-2)9-15-28;1-3-5-23-7-11-25(12-8-23)27-15-19-29(20-16-27)30-21-17-28(18-22-30)26-13-9-24(6-4-2)10-14-26;1-2-3-14-4-6-15(7-5-14)16-8-10-17(11-9-16)22(26,27)28-18-12-19(23)21(25)20(24)13-18/h16-25,28H,3-15H2,1-2H3;15-26H,3-14H2,1-2H3;12-17H,2-11H2,1H3. The van der Waals surface area contributed by atoms with Crippen LogP contribution in [0, 0.1) is 70.6 Å². The van der Waals surface area contributed by atoms with Crippen molar-refractivity contribution in [3.63, 3.8) is 0 Å². The van der Waals surface area contributed by atoms with Crippen molar-refractivity contribution >= 4 is 0 Å². The molecule has 0 unspecified atom stereocenters. The van der Waals surface area contributed by atoms with Crippen LogP contribution in [0.15, 0.2) is 103 Å². The normalized spacial score (nSPS) is 27.4. The van der Waals surface area contributed by atoms with Crippen LogP contribution in [-0.4, -0.2) is 6.11 Å². The van der Waals surface area contributed by atoms with Crippen molar-refractivity contribution in [1.82, 2.24) is 0 Å². The summed E-state index contributed by atoms with van der Waals surface area (Å²) < 4.78 is 88.1. The Hall–Kier alpha value is -4.52. The zero-order chi connectivity index (χ0) is 63.4. The number of alkyl halides is 2. The monoisotopic (exact) mass is 1240 g/mol. The Bertz CT molecular complexity index is 2740. The van der Waals surface area contributed by atoms with Gasteiger partial charge >= 0.3 is 6.11 Å². The van der Waals surface area contributed by atoms with E-state index in [1.165, 1.54) is 203 Å². The molecule has 6 saturated carbocycles. The van der Waals surface area contributed by atoms with Gasteiger partial charge in [-0.25, -0.2) is 17.6 Å². The van der Waals surface area contributed by atoms with E-state index in [1.54, 1.807) is 17.2 Å². The topological polar surface area (TPSA) is 9.23 Å². The van der Waals surface area contributed by atoms with E-state index in [0.29, 0.717) is 48.6 Å². The lowest BCUT2D eigenvalue weighted by Gasteiger charge is -2.39. The predicted octanol–water partition coefficient (Wildman–Crippen LogP) is 27.0. The maximum Gasteiger partial charge on any atom is 0.400 e. The maximum atomic E-state index is 15.0. The summed E-state index contributed by atoms with van der Waals surface area (Å²) in [7, 11) is 0. The Morgan fingerprint density at radius 1 is 0.344 bits per heavy atom. The minimum absolute atomic E-state index is 0.00656.